The van der Waals surface area contributed by atoms with Crippen molar-refractivity contribution in [2.45, 2.75) is 45.6 Å². The molecular weight excluding hydrogens is 250 g/mol. The van der Waals surface area contributed by atoms with Gasteiger partial charge in [-0.1, -0.05) is 19.9 Å². The van der Waals surface area contributed by atoms with Gasteiger partial charge in [0, 0.05) is 12.6 Å². The van der Waals surface area contributed by atoms with Gasteiger partial charge in [-0.05, 0) is 54.9 Å². The number of aryl methyl sites for hydroxylation is 1. The maximum atomic E-state index is 6.16. The fourth-order valence-electron chi connectivity index (χ4n) is 2.54. The van der Waals surface area contributed by atoms with E-state index in [4.69, 9.17) is 15.2 Å². The Balaban J connectivity index is 1.75. The van der Waals surface area contributed by atoms with Crippen molar-refractivity contribution in [2.75, 3.05) is 19.8 Å². The maximum Gasteiger partial charge on any atom is 0.119 e. The van der Waals surface area contributed by atoms with Crippen LogP contribution in [0.1, 0.15) is 50.3 Å². The smallest absolute Gasteiger partial charge is 0.119 e. The zero-order valence-electron chi connectivity index (χ0n) is 12.7. The van der Waals surface area contributed by atoms with Gasteiger partial charge >= 0.3 is 0 Å². The minimum Gasteiger partial charge on any atom is -0.491 e. The molecule has 2 rings (SSSR count). The molecule has 0 radical (unpaired) electrons. The molecule has 3 heteroatoms. The van der Waals surface area contributed by atoms with Crippen LogP contribution in [0.3, 0.4) is 0 Å². The SMILES string of the molecule is CC(C)CCOCCOc1ccc2c(c1)[C@@H](N)CCC2. The summed E-state index contributed by atoms with van der Waals surface area (Å²) in [6.45, 7) is 6.48. The number of fused-ring (bicyclic) bond motifs is 1. The second kappa shape index (κ2) is 7.65. The van der Waals surface area contributed by atoms with Gasteiger partial charge in [0.05, 0.1) is 6.61 Å². The van der Waals surface area contributed by atoms with Crippen LogP contribution in [0.15, 0.2) is 18.2 Å². The van der Waals surface area contributed by atoms with E-state index in [0.29, 0.717) is 19.1 Å². The number of benzene rings is 1. The zero-order valence-corrected chi connectivity index (χ0v) is 12.7. The molecule has 0 fully saturated rings. The van der Waals surface area contributed by atoms with E-state index in [0.717, 1.165) is 31.6 Å². The molecule has 0 saturated carbocycles. The topological polar surface area (TPSA) is 44.5 Å². The Morgan fingerprint density at radius 3 is 2.90 bits per heavy atom. The minimum atomic E-state index is 0.171. The van der Waals surface area contributed by atoms with Crippen LogP contribution in [0.4, 0.5) is 0 Å². The minimum absolute atomic E-state index is 0.171. The highest BCUT2D eigenvalue weighted by Gasteiger charge is 2.17. The van der Waals surface area contributed by atoms with Crippen molar-refractivity contribution in [1.82, 2.24) is 0 Å². The summed E-state index contributed by atoms with van der Waals surface area (Å²) in [4.78, 5) is 0. The Morgan fingerprint density at radius 2 is 2.10 bits per heavy atom. The zero-order chi connectivity index (χ0) is 14.4. The number of hydrogen-bond donors (Lipinski definition) is 1. The van der Waals surface area contributed by atoms with E-state index in [9.17, 15) is 0 Å². The number of nitrogens with two attached hydrogens (primary N) is 1. The molecule has 0 amide bonds. The van der Waals surface area contributed by atoms with E-state index < -0.39 is 0 Å². The first kappa shape index (κ1) is 15.3. The van der Waals surface area contributed by atoms with Gasteiger partial charge in [0.1, 0.15) is 12.4 Å². The van der Waals surface area contributed by atoms with Crippen molar-refractivity contribution >= 4 is 0 Å². The lowest BCUT2D eigenvalue weighted by atomic mass is 9.88. The Bertz CT molecular complexity index is 417. The van der Waals surface area contributed by atoms with E-state index in [2.05, 4.69) is 26.0 Å². The van der Waals surface area contributed by atoms with Crippen molar-refractivity contribution in [3.8, 4) is 5.75 Å². The third-order valence-electron chi connectivity index (χ3n) is 3.81. The Kier molecular flexibility index (Phi) is 5.86. The van der Waals surface area contributed by atoms with Crippen molar-refractivity contribution in [3.63, 3.8) is 0 Å². The summed E-state index contributed by atoms with van der Waals surface area (Å²) in [6.07, 6.45) is 4.52. The maximum absolute atomic E-state index is 6.16. The first-order valence-electron chi connectivity index (χ1n) is 7.75. The van der Waals surface area contributed by atoms with Gasteiger partial charge in [-0.3, -0.25) is 0 Å². The lowest BCUT2D eigenvalue weighted by Gasteiger charge is -2.22. The monoisotopic (exact) mass is 277 g/mol. The third kappa shape index (κ3) is 4.50. The van der Waals surface area contributed by atoms with E-state index in [1.54, 1.807) is 0 Å². The molecule has 0 aromatic heterocycles. The second-order valence-corrected chi connectivity index (χ2v) is 6.00. The van der Waals surface area contributed by atoms with Crippen LogP contribution in [0, 0.1) is 5.92 Å². The van der Waals surface area contributed by atoms with Crippen LogP contribution in [0.2, 0.25) is 0 Å². The van der Waals surface area contributed by atoms with E-state index in [-0.39, 0.29) is 6.04 Å². The van der Waals surface area contributed by atoms with Gasteiger partial charge in [-0.25, -0.2) is 0 Å². The summed E-state index contributed by atoms with van der Waals surface area (Å²) in [6, 6.07) is 6.48. The molecule has 0 aliphatic heterocycles. The number of hydrogen-bond acceptors (Lipinski definition) is 3. The second-order valence-electron chi connectivity index (χ2n) is 6.00. The predicted molar refractivity (Wildman–Crippen MR) is 82.1 cm³/mol. The molecular formula is C17H27NO2. The summed E-state index contributed by atoms with van der Waals surface area (Å²) in [7, 11) is 0. The van der Waals surface area contributed by atoms with Crippen LogP contribution >= 0.6 is 0 Å². The largest absolute Gasteiger partial charge is 0.491 e. The van der Waals surface area contributed by atoms with E-state index in [1.807, 2.05) is 6.07 Å². The van der Waals surface area contributed by atoms with Gasteiger partial charge < -0.3 is 15.2 Å². The quantitative estimate of drug-likeness (QED) is 0.776. The molecule has 0 unspecified atom stereocenters. The number of ether oxygens (including phenoxy) is 2. The highest BCUT2D eigenvalue weighted by atomic mass is 16.5. The highest BCUT2D eigenvalue weighted by molar-refractivity contribution is 5.39. The van der Waals surface area contributed by atoms with Gasteiger partial charge in [0.15, 0.2) is 0 Å². The standard InChI is InChI=1S/C17H27NO2/c1-13(2)8-9-19-10-11-20-15-7-6-14-4-3-5-17(18)16(14)12-15/h6-7,12-13,17H,3-5,8-11,18H2,1-2H3/t17-/m0/s1. The predicted octanol–water partition coefficient (Wildman–Crippen LogP) is 3.46. The van der Waals surface area contributed by atoms with Crippen LogP contribution in [0.5, 0.6) is 5.75 Å². The summed E-state index contributed by atoms with van der Waals surface area (Å²) >= 11 is 0. The van der Waals surface area contributed by atoms with Gasteiger partial charge in [-0.2, -0.15) is 0 Å². The van der Waals surface area contributed by atoms with Crippen LogP contribution in [0.25, 0.3) is 0 Å². The molecule has 1 aromatic rings. The molecule has 1 atom stereocenters. The highest BCUT2D eigenvalue weighted by Crippen LogP contribution is 2.30. The first-order valence-corrected chi connectivity index (χ1v) is 7.75. The molecule has 3 nitrogen and oxygen atoms in total. The van der Waals surface area contributed by atoms with E-state index in [1.165, 1.54) is 17.5 Å². The Hall–Kier alpha value is -1.06. The molecule has 0 bridgehead atoms. The number of rotatable bonds is 7. The molecule has 2 N–H and O–H groups in total. The van der Waals surface area contributed by atoms with Crippen molar-refractivity contribution in [1.29, 1.82) is 0 Å². The molecule has 112 valence electrons. The third-order valence-corrected chi connectivity index (χ3v) is 3.81. The average molecular weight is 277 g/mol. The molecule has 1 aliphatic rings. The van der Waals surface area contributed by atoms with Gasteiger partial charge in [0.25, 0.3) is 0 Å². The fraction of sp³-hybridized carbons (Fsp3) is 0.647. The van der Waals surface area contributed by atoms with Crippen LogP contribution < -0.4 is 10.5 Å². The molecule has 0 spiro atoms. The summed E-state index contributed by atoms with van der Waals surface area (Å²) in [5, 5.41) is 0. The van der Waals surface area contributed by atoms with Gasteiger partial charge in [-0.15, -0.1) is 0 Å². The van der Waals surface area contributed by atoms with Crippen molar-refractivity contribution in [3.05, 3.63) is 29.3 Å². The van der Waals surface area contributed by atoms with Gasteiger partial charge in [0.2, 0.25) is 0 Å². The molecule has 1 aromatic carbocycles. The summed E-state index contributed by atoms with van der Waals surface area (Å²) < 4.78 is 11.3. The first-order chi connectivity index (χ1) is 9.66. The molecule has 1 aliphatic carbocycles. The van der Waals surface area contributed by atoms with E-state index >= 15 is 0 Å². The molecule has 0 saturated heterocycles. The summed E-state index contributed by atoms with van der Waals surface area (Å²) in [5.74, 6) is 1.60. The van der Waals surface area contributed by atoms with Crippen molar-refractivity contribution in [2.24, 2.45) is 11.7 Å². The average Bonchev–Trinajstić information content (AvgIpc) is 2.43. The van der Waals surface area contributed by atoms with Crippen molar-refractivity contribution < 1.29 is 9.47 Å². The van der Waals surface area contributed by atoms with Crippen LogP contribution in [-0.4, -0.2) is 19.8 Å². The van der Waals surface area contributed by atoms with Crippen LogP contribution in [-0.2, 0) is 11.2 Å². The lowest BCUT2D eigenvalue weighted by molar-refractivity contribution is 0.0925. The molecule has 20 heavy (non-hydrogen) atoms. The Morgan fingerprint density at radius 1 is 1.25 bits per heavy atom. The fourth-order valence-corrected chi connectivity index (χ4v) is 2.54. The molecule has 0 heterocycles. The summed E-state index contributed by atoms with van der Waals surface area (Å²) in [5.41, 5.74) is 8.80. The lowest BCUT2D eigenvalue weighted by Crippen LogP contribution is -2.17. The Labute approximate surface area is 122 Å². The normalized spacial score (nSPS) is 18.1.